The van der Waals surface area contributed by atoms with Crippen LogP contribution < -0.4 is 5.32 Å². The standard InChI is InChI=1S/C18H24N4O3S/c1-5-13-9-7-8-12(3)17(13)19-15(23)11-26-18-21-20-14(22(18)4)10-16(24)25-6-2/h7-9H,5-6,10-11H2,1-4H3,(H,19,23). The molecule has 8 heteroatoms. The fourth-order valence-electron chi connectivity index (χ4n) is 2.47. The maximum Gasteiger partial charge on any atom is 0.313 e. The number of benzene rings is 1. The number of hydrogen-bond acceptors (Lipinski definition) is 6. The first kappa shape index (κ1) is 20.0. The summed E-state index contributed by atoms with van der Waals surface area (Å²) in [5, 5.41) is 11.6. The Morgan fingerprint density at radius 2 is 2.04 bits per heavy atom. The maximum atomic E-state index is 12.3. The van der Waals surface area contributed by atoms with Gasteiger partial charge in [0.25, 0.3) is 0 Å². The smallest absolute Gasteiger partial charge is 0.313 e. The van der Waals surface area contributed by atoms with Gasteiger partial charge in [-0.05, 0) is 31.4 Å². The normalized spacial score (nSPS) is 10.6. The van der Waals surface area contributed by atoms with Gasteiger partial charge >= 0.3 is 5.97 Å². The number of rotatable bonds is 8. The van der Waals surface area contributed by atoms with Crippen molar-refractivity contribution in [2.75, 3.05) is 17.7 Å². The molecule has 26 heavy (non-hydrogen) atoms. The fraction of sp³-hybridized carbons (Fsp3) is 0.444. The van der Waals surface area contributed by atoms with Gasteiger partial charge in [-0.25, -0.2) is 0 Å². The molecule has 1 aromatic heterocycles. The summed E-state index contributed by atoms with van der Waals surface area (Å²) in [7, 11) is 1.77. The van der Waals surface area contributed by atoms with Crippen molar-refractivity contribution in [1.29, 1.82) is 0 Å². The molecule has 0 radical (unpaired) electrons. The van der Waals surface area contributed by atoms with Gasteiger partial charge in [0, 0.05) is 12.7 Å². The van der Waals surface area contributed by atoms with Crippen LogP contribution in [0, 0.1) is 6.92 Å². The average molecular weight is 376 g/mol. The van der Waals surface area contributed by atoms with Gasteiger partial charge in [0.05, 0.1) is 12.4 Å². The van der Waals surface area contributed by atoms with Crippen molar-refractivity contribution in [2.45, 2.75) is 38.8 Å². The first-order valence-corrected chi connectivity index (χ1v) is 9.49. The number of nitrogens with one attached hydrogen (secondary N) is 1. The van der Waals surface area contributed by atoms with Crippen molar-refractivity contribution < 1.29 is 14.3 Å². The van der Waals surface area contributed by atoms with Crippen LogP contribution in [-0.2, 0) is 34.2 Å². The molecule has 0 unspecified atom stereocenters. The Morgan fingerprint density at radius 1 is 1.27 bits per heavy atom. The molecule has 0 spiro atoms. The van der Waals surface area contributed by atoms with Gasteiger partial charge in [-0.15, -0.1) is 10.2 Å². The minimum absolute atomic E-state index is 0.0627. The van der Waals surface area contributed by atoms with E-state index in [1.54, 1.807) is 18.5 Å². The summed E-state index contributed by atoms with van der Waals surface area (Å²) in [6.07, 6.45) is 0.915. The molecular formula is C18H24N4O3S. The van der Waals surface area contributed by atoms with Crippen molar-refractivity contribution in [3.63, 3.8) is 0 Å². The Kier molecular flexibility index (Phi) is 7.20. The van der Waals surface area contributed by atoms with Gasteiger partial charge < -0.3 is 14.6 Å². The Morgan fingerprint density at radius 3 is 2.73 bits per heavy atom. The second-order valence-electron chi connectivity index (χ2n) is 5.74. The van der Waals surface area contributed by atoms with Crippen LogP contribution in [0.5, 0.6) is 0 Å². The van der Waals surface area contributed by atoms with E-state index in [-0.39, 0.29) is 24.1 Å². The van der Waals surface area contributed by atoms with E-state index in [1.165, 1.54) is 11.8 Å². The van der Waals surface area contributed by atoms with Crippen molar-refractivity contribution in [1.82, 2.24) is 14.8 Å². The highest BCUT2D eigenvalue weighted by Crippen LogP contribution is 2.22. The van der Waals surface area contributed by atoms with Crippen molar-refractivity contribution >= 4 is 29.3 Å². The van der Waals surface area contributed by atoms with E-state index in [0.717, 1.165) is 23.2 Å². The Balaban J connectivity index is 1.96. The van der Waals surface area contributed by atoms with Crippen LogP contribution in [0.4, 0.5) is 5.69 Å². The summed E-state index contributed by atoms with van der Waals surface area (Å²) in [6.45, 7) is 6.13. The zero-order valence-electron chi connectivity index (χ0n) is 15.5. The number of thioether (sulfide) groups is 1. The molecule has 0 saturated heterocycles. The molecule has 2 rings (SSSR count). The maximum absolute atomic E-state index is 12.3. The zero-order valence-corrected chi connectivity index (χ0v) is 16.4. The van der Waals surface area contributed by atoms with Crippen molar-refractivity contribution in [2.24, 2.45) is 7.05 Å². The van der Waals surface area contributed by atoms with Gasteiger partial charge in [0.15, 0.2) is 5.16 Å². The number of carbonyl (C=O) groups excluding carboxylic acids is 2. The van der Waals surface area contributed by atoms with Crippen LogP contribution in [0.1, 0.15) is 30.8 Å². The lowest BCUT2D eigenvalue weighted by Crippen LogP contribution is -2.16. The summed E-state index contributed by atoms with van der Waals surface area (Å²) in [5.41, 5.74) is 3.03. The second-order valence-corrected chi connectivity index (χ2v) is 6.68. The number of para-hydroxylation sites is 1. The molecule has 0 aliphatic rings. The number of nitrogens with zero attached hydrogens (tertiary/aromatic N) is 3. The summed E-state index contributed by atoms with van der Waals surface area (Å²) in [4.78, 5) is 23.9. The molecule has 1 N–H and O–H groups in total. The molecule has 0 fully saturated rings. The first-order valence-electron chi connectivity index (χ1n) is 8.51. The lowest BCUT2D eigenvalue weighted by molar-refractivity contribution is -0.142. The van der Waals surface area contributed by atoms with Gasteiger partial charge in [-0.3, -0.25) is 9.59 Å². The molecule has 1 amide bonds. The van der Waals surface area contributed by atoms with Gasteiger partial charge in [-0.1, -0.05) is 36.9 Å². The van der Waals surface area contributed by atoms with Gasteiger partial charge in [-0.2, -0.15) is 0 Å². The fourth-order valence-corrected chi connectivity index (χ4v) is 3.20. The minimum atomic E-state index is -0.344. The van der Waals surface area contributed by atoms with E-state index >= 15 is 0 Å². The molecule has 0 aliphatic heterocycles. The number of hydrogen-bond donors (Lipinski definition) is 1. The highest BCUT2D eigenvalue weighted by molar-refractivity contribution is 7.99. The van der Waals surface area contributed by atoms with Crippen LogP contribution >= 0.6 is 11.8 Å². The quantitative estimate of drug-likeness (QED) is 0.563. The van der Waals surface area contributed by atoms with Crippen LogP contribution in [0.25, 0.3) is 0 Å². The summed E-state index contributed by atoms with van der Waals surface area (Å²) >= 11 is 1.28. The number of anilines is 1. The summed E-state index contributed by atoms with van der Waals surface area (Å²) in [6, 6.07) is 5.98. The SMILES string of the molecule is CCOC(=O)Cc1nnc(SCC(=O)Nc2c(C)cccc2CC)n1C. The number of aryl methyl sites for hydroxylation is 2. The van der Waals surface area contributed by atoms with Crippen LogP contribution in [0.15, 0.2) is 23.4 Å². The molecule has 1 heterocycles. The van der Waals surface area contributed by atoms with Gasteiger partial charge in [0.1, 0.15) is 12.2 Å². The first-order chi connectivity index (χ1) is 12.5. The van der Waals surface area contributed by atoms with E-state index in [2.05, 4.69) is 22.4 Å². The van der Waals surface area contributed by atoms with E-state index < -0.39 is 0 Å². The molecule has 0 bridgehead atoms. The molecule has 0 atom stereocenters. The highest BCUT2D eigenvalue weighted by Gasteiger charge is 2.15. The average Bonchev–Trinajstić information content (AvgIpc) is 2.95. The number of esters is 1. The predicted molar refractivity (Wildman–Crippen MR) is 101 cm³/mol. The van der Waals surface area contributed by atoms with Crippen LogP contribution in [0.2, 0.25) is 0 Å². The summed E-state index contributed by atoms with van der Waals surface area (Å²) < 4.78 is 6.63. The monoisotopic (exact) mass is 376 g/mol. The number of carbonyl (C=O) groups is 2. The van der Waals surface area contributed by atoms with Crippen LogP contribution in [-0.4, -0.2) is 39.0 Å². The highest BCUT2D eigenvalue weighted by atomic mass is 32.2. The summed E-state index contributed by atoms with van der Waals surface area (Å²) in [5.74, 6) is 0.277. The molecule has 140 valence electrons. The Hall–Kier alpha value is -2.35. The Labute approximate surface area is 157 Å². The molecule has 0 aliphatic carbocycles. The van der Waals surface area contributed by atoms with Crippen molar-refractivity contribution in [3.8, 4) is 0 Å². The lowest BCUT2D eigenvalue weighted by atomic mass is 10.1. The second kappa shape index (κ2) is 9.38. The van der Waals surface area contributed by atoms with Crippen molar-refractivity contribution in [3.05, 3.63) is 35.2 Å². The predicted octanol–water partition coefficient (Wildman–Crippen LogP) is 2.52. The van der Waals surface area contributed by atoms with E-state index in [4.69, 9.17) is 4.74 Å². The third-order valence-corrected chi connectivity index (χ3v) is 4.89. The van der Waals surface area contributed by atoms with E-state index in [1.807, 2.05) is 25.1 Å². The number of aromatic nitrogens is 3. The Bertz CT molecular complexity index is 789. The largest absolute Gasteiger partial charge is 0.466 e. The minimum Gasteiger partial charge on any atom is -0.466 e. The topological polar surface area (TPSA) is 86.1 Å². The zero-order chi connectivity index (χ0) is 19.1. The van der Waals surface area contributed by atoms with E-state index in [9.17, 15) is 9.59 Å². The van der Waals surface area contributed by atoms with Crippen LogP contribution in [0.3, 0.4) is 0 Å². The number of amides is 1. The number of ether oxygens (including phenoxy) is 1. The molecule has 0 saturated carbocycles. The molecule has 7 nitrogen and oxygen atoms in total. The molecular weight excluding hydrogens is 352 g/mol. The lowest BCUT2D eigenvalue weighted by Gasteiger charge is -2.12. The molecule has 2 aromatic rings. The third-order valence-electron chi connectivity index (χ3n) is 3.87. The molecule has 1 aromatic carbocycles. The van der Waals surface area contributed by atoms with Gasteiger partial charge in [0.2, 0.25) is 5.91 Å². The van der Waals surface area contributed by atoms with E-state index in [0.29, 0.717) is 17.6 Å². The third kappa shape index (κ3) is 5.08.